The minimum Gasteiger partial charge on any atom is -0.461 e. The molecule has 0 fully saturated rings. The molecule has 0 unspecified atom stereocenters. The molecule has 1 heterocycles. The van der Waals surface area contributed by atoms with Crippen LogP contribution in [0.25, 0.3) is 0 Å². The zero-order valence-corrected chi connectivity index (χ0v) is 11.2. The minimum absolute atomic E-state index is 0.0980. The molecule has 0 saturated carbocycles. The summed E-state index contributed by atoms with van der Waals surface area (Å²) < 4.78 is 18.8. The van der Waals surface area contributed by atoms with Crippen molar-refractivity contribution in [2.24, 2.45) is 0 Å². The monoisotopic (exact) mass is 293 g/mol. The lowest BCUT2D eigenvalue weighted by molar-refractivity contribution is -0.385. The van der Waals surface area contributed by atoms with E-state index in [0.717, 1.165) is 6.20 Å². The fourth-order valence-electron chi connectivity index (χ4n) is 1.75. The molecule has 0 aliphatic rings. The summed E-state index contributed by atoms with van der Waals surface area (Å²) in [5.41, 5.74) is -0.0660. The van der Waals surface area contributed by atoms with Crippen LogP contribution >= 0.6 is 0 Å². The van der Waals surface area contributed by atoms with E-state index in [2.05, 4.69) is 5.10 Å². The lowest BCUT2D eigenvalue weighted by atomic mass is 10.2. The van der Waals surface area contributed by atoms with Crippen LogP contribution in [0.2, 0.25) is 0 Å². The zero-order valence-electron chi connectivity index (χ0n) is 11.2. The first kappa shape index (κ1) is 14.6. The van der Waals surface area contributed by atoms with E-state index in [9.17, 15) is 19.3 Å². The summed E-state index contributed by atoms with van der Waals surface area (Å²) in [4.78, 5) is 21.9. The van der Waals surface area contributed by atoms with Crippen LogP contribution < -0.4 is 0 Å². The van der Waals surface area contributed by atoms with Crippen LogP contribution in [0, 0.1) is 15.9 Å². The molecular weight excluding hydrogens is 281 g/mol. The Bertz CT molecular complexity index is 667. The largest absolute Gasteiger partial charge is 0.461 e. The fraction of sp³-hybridized carbons (Fsp3) is 0.231. The molecule has 21 heavy (non-hydrogen) atoms. The predicted molar refractivity (Wildman–Crippen MR) is 70.3 cm³/mol. The van der Waals surface area contributed by atoms with Gasteiger partial charge in [-0.25, -0.2) is 9.18 Å². The van der Waals surface area contributed by atoms with E-state index >= 15 is 0 Å². The van der Waals surface area contributed by atoms with Crippen LogP contribution in [0.5, 0.6) is 0 Å². The van der Waals surface area contributed by atoms with Crippen LogP contribution in [0.15, 0.2) is 30.5 Å². The number of nitrogens with zero attached hydrogens (tertiary/aromatic N) is 3. The number of benzene rings is 1. The number of carbonyl (C=O) groups is 1. The highest BCUT2D eigenvalue weighted by molar-refractivity contribution is 5.91. The van der Waals surface area contributed by atoms with Crippen molar-refractivity contribution < 1.29 is 18.8 Å². The molecule has 0 aliphatic carbocycles. The molecule has 2 rings (SSSR count). The number of nitro groups is 1. The van der Waals surface area contributed by atoms with Crippen LogP contribution in [-0.2, 0) is 11.3 Å². The van der Waals surface area contributed by atoms with Gasteiger partial charge in [0.1, 0.15) is 12.0 Å². The third kappa shape index (κ3) is 3.41. The van der Waals surface area contributed by atoms with E-state index in [0.29, 0.717) is 5.56 Å². The summed E-state index contributed by atoms with van der Waals surface area (Å²) >= 11 is 0. The van der Waals surface area contributed by atoms with Crippen LogP contribution in [0.3, 0.4) is 0 Å². The van der Waals surface area contributed by atoms with Gasteiger partial charge in [0.2, 0.25) is 5.69 Å². The van der Waals surface area contributed by atoms with Crippen molar-refractivity contribution in [2.45, 2.75) is 13.5 Å². The van der Waals surface area contributed by atoms with Gasteiger partial charge in [0.15, 0.2) is 0 Å². The van der Waals surface area contributed by atoms with Gasteiger partial charge in [-0.15, -0.1) is 0 Å². The maximum absolute atomic E-state index is 12.8. The topological polar surface area (TPSA) is 87.3 Å². The van der Waals surface area contributed by atoms with E-state index < -0.39 is 16.6 Å². The van der Waals surface area contributed by atoms with E-state index in [1.807, 2.05) is 0 Å². The summed E-state index contributed by atoms with van der Waals surface area (Å²) in [5, 5.41) is 14.8. The molecule has 7 nitrogen and oxygen atoms in total. The van der Waals surface area contributed by atoms with Crippen molar-refractivity contribution in [3.63, 3.8) is 0 Å². The standard InChI is InChI=1S/C13H12FN3O4/c1-2-21-13(18)12-11(17(19)20)8-16(15-12)7-9-3-5-10(14)6-4-9/h3-6,8H,2,7H2,1H3. The molecule has 1 aromatic carbocycles. The highest BCUT2D eigenvalue weighted by Crippen LogP contribution is 2.18. The molecule has 0 aliphatic heterocycles. The van der Waals surface area contributed by atoms with Crippen molar-refractivity contribution in [1.29, 1.82) is 0 Å². The quantitative estimate of drug-likeness (QED) is 0.479. The Morgan fingerprint density at radius 1 is 1.43 bits per heavy atom. The fourth-order valence-corrected chi connectivity index (χ4v) is 1.75. The highest BCUT2D eigenvalue weighted by atomic mass is 19.1. The van der Waals surface area contributed by atoms with E-state index in [4.69, 9.17) is 4.74 Å². The summed E-state index contributed by atoms with van der Waals surface area (Å²) in [6.45, 7) is 1.88. The molecule has 0 atom stereocenters. The molecule has 0 N–H and O–H groups in total. The Hall–Kier alpha value is -2.77. The average molecular weight is 293 g/mol. The van der Waals surface area contributed by atoms with Crippen molar-refractivity contribution in [2.75, 3.05) is 6.61 Å². The zero-order chi connectivity index (χ0) is 15.4. The number of halogens is 1. The number of esters is 1. The van der Waals surface area contributed by atoms with Gasteiger partial charge in [-0.3, -0.25) is 14.8 Å². The number of ether oxygens (including phenoxy) is 1. The molecule has 0 radical (unpaired) electrons. The molecule has 1 aromatic heterocycles. The SMILES string of the molecule is CCOC(=O)c1nn(Cc2ccc(F)cc2)cc1[N+](=O)[O-]. The second kappa shape index (κ2) is 6.12. The smallest absolute Gasteiger partial charge is 0.366 e. The first-order valence-electron chi connectivity index (χ1n) is 6.14. The Morgan fingerprint density at radius 3 is 2.67 bits per heavy atom. The van der Waals surface area contributed by atoms with Crippen molar-refractivity contribution >= 4 is 11.7 Å². The third-order valence-electron chi connectivity index (χ3n) is 2.67. The minimum atomic E-state index is -0.845. The molecule has 8 heteroatoms. The Kier molecular flexibility index (Phi) is 4.27. The highest BCUT2D eigenvalue weighted by Gasteiger charge is 2.26. The maximum atomic E-state index is 12.8. The number of hydrogen-bond donors (Lipinski definition) is 0. The van der Waals surface area contributed by atoms with Gasteiger partial charge in [-0.05, 0) is 24.6 Å². The van der Waals surface area contributed by atoms with E-state index in [-0.39, 0.29) is 24.7 Å². The Morgan fingerprint density at radius 2 is 2.10 bits per heavy atom. The molecule has 0 saturated heterocycles. The van der Waals surface area contributed by atoms with Gasteiger partial charge in [-0.1, -0.05) is 12.1 Å². The molecule has 0 bridgehead atoms. The van der Waals surface area contributed by atoms with Crippen LogP contribution in [0.1, 0.15) is 23.0 Å². The number of carbonyl (C=O) groups excluding carboxylic acids is 1. The molecule has 0 amide bonds. The van der Waals surface area contributed by atoms with Gasteiger partial charge < -0.3 is 4.74 Å². The second-order valence-electron chi connectivity index (χ2n) is 4.16. The van der Waals surface area contributed by atoms with Crippen molar-refractivity contribution in [1.82, 2.24) is 9.78 Å². The number of hydrogen-bond acceptors (Lipinski definition) is 5. The maximum Gasteiger partial charge on any atom is 0.366 e. The predicted octanol–water partition coefficient (Wildman–Crippen LogP) is 2.16. The lowest BCUT2D eigenvalue weighted by Crippen LogP contribution is -2.09. The average Bonchev–Trinajstić information content (AvgIpc) is 2.86. The number of rotatable bonds is 5. The summed E-state index contributed by atoms with van der Waals surface area (Å²) in [5.74, 6) is -1.22. The summed E-state index contributed by atoms with van der Waals surface area (Å²) in [6, 6.07) is 5.62. The molecular formula is C13H12FN3O4. The lowest BCUT2D eigenvalue weighted by Gasteiger charge is -2.01. The van der Waals surface area contributed by atoms with Crippen LogP contribution in [0.4, 0.5) is 10.1 Å². The Balaban J connectivity index is 2.28. The second-order valence-corrected chi connectivity index (χ2v) is 4.16. The van der Waals surface area contributed by atoms with E-state index in [1.165, 1.54) is 28.9 Å². The molecule has 110 valence electrons. The van der Waals surface area contributed by atoms with Crippen molar-refractivity contribution in [3.05, 3.63) is 57.7 Å². The summed E-state index contributed by atoms with van der Waals surface area (Å²) in [6.07, 6.45) is 1.15. The van der Waals surface area contributed by atoms with Crippen LogP contribution in [-0.4, -0.2) is 27.3 Å². The van der Waals surface area contributed by atoms with E-state index in [1.54, 1.807) is 6.92 Å². The van der Waals surface area contributed by atoms with Gasteiger partial charge in [0.05, 0.1) is 18.1 Å². The molecule has 2 aromatic rings. The normalized spacial score (nSPS) is 10.4. The third-order valence-corrected chi connectivity index (χ3v) is 2.67. The van der Waals surface area contributed by atoms with Gasteiger partial charge >= 0.3 is 11.7 Å². The van der Waals surface area contributed by atoms with Crippen molar-refractivity contribution in [3.8, 4) is 0 Å². The first-order chi connectivity index (χ1) is 10.0. The van der Waals surface area contributed by atoms with Gasteiger partial charge in [0.25, 0.3) is 0 Å². The molecule has 0 spiro atoms. The van der Waals surface area contributed by atoms with Gasteiger partial charge in [0, 0.05) is 0 Å². The summed E-state index contributed by atoms with van der Waals surface area (Å²) in [7, 11) is 0. The Labute approximate surface area is 119 Å². The number of aromatic nitrogens is 2. The van der Waals surface area contributed by atoms with Gasteiger partial charge in [-0.2, -0.15) is 5.10 Å². The first-order valence-corrected chi connectivity index (χ1v) is 6.14.